The Kier molecular flexibility index (Phi) is 2.08. The van der Waals surface area contributed by atoms with Crippen LogP contribution in [-0.4, -0.2) is 15.5 Å². The normalized spacial score (nSPS) is 18.0. The van der Waals surface area contributed by atoms with Crippen LogP contribution in [0.1, 0.15) is 31.9 Å². The van der Waals surface area contributed by atoms with E-state index in [1.165, 1.54) is 25.6 Å². The minimum absolute atomic E-state index is 0.168. The van der Waals surface area contributed by atoms with E-state index < -0.39 is 0 Å². The summed E-state index contributed by atoms with van der Waals surface area (Å²) in [6.45, 7) is 2.17. The molecule has 2 rings (SSSR count). The molecule has 1 aliphatic rings. The van der Waals surface area contributed by atoms with E-state index in [-0.39, 0.29) is 5.54 Å². The fraction of sp³-hybridized carbons (Fsp3) is 0.500. The summed E-state index contributed by atoms with van der Waals surface area (Å²) in [6.07, 6.45) is 5.01. The van der Waals surface area contributed by atoms with Gasteiger partial charge in [0.1, 0.15) is 23.9 Å². The predicted molar refractivity (Wildman–Crippen MR) is 52.6 cm³/mol. The minimum atomic E-state index is 0.168. The molecule has 1 fully saturated rings. The summed E-state index contributed by atoms with van der Waals surface area (Å²) in [5.74, 6) is 0.749. The lowest BCUT2D eigenvalue weighted by Crippen LogP contribution is -2.41. The second-order valence-electron chi connectivity index (χ2n) is 3.94. The van der Waals surface area contributed by atoms with E-state index >= 15 is 0 Å². The van der Waals surface area contributed by atoms with E-state index in [0.717, 1.165) is 5.82 Å². The quantitative estimate of drug-likeness (QED) is 0.767. The topological polar surface area (TPSA) is 61.6 Å². The summed E-state index contributed by atoms with van der Waals surface area (Å²) in [5.41, 5.74) is 0.576. The monoisotopic (exact) mass is 188 g/mol. The van der Waals surface area contributed by atoms with Crippen LogP contribution in [0.2, 0.25) is 0 Å². The zero-order valence-electron chi connectivity index (χ0n) is 8.12. The standard InChI is InChI=1S/C10H12N4/c1-10(3-2-4-10)14-9-5-8(6-11)12-7-13-9/h5,7H,2-4H2,1H3,(H,12,13,14). The Morgan fingerprint density at radius 3 is 2.86 bits per heavy atom. The van der Waals surface area contributed by atoms with Crippen LogP contribution in [0.25, 0.3) is 0 Å². The smallest absolute Gasteiger partial charge is 0.145 e. The third kappa shape index (κ3) is 1.67. The maximum Gasteiger partial charge on any atom is 0.145 e. The Hall–Kier alpha value is -1.63. The lowest BCUT2D eigenvalue weighted by molar-refractivity contribution is 0.305. The van der Waals surface area contributed by atoms with Crippen molar-refractivity contribution in [2.75, 3.05) is 5.32 Å². The van der Waals surface area contributed by atoms with E-state index in [9.17, 15) is 0 Å². The van der Waals surface area contributed by atoms with E-state index in [4.69, 9.17) is 5.26 Å². The number of anilines is 1. The minimum Gasteiger partial charge on any atom is -0.365 e. The van der Waals surface area contributed by atoms with Crippen molar-refractivity contribution in [3.8, 4) is 6.07 Å². The van der Waals surface area contributed by atoms with Gasteiger partial charge in [0.25, 0.3) is 0 Å². The van der Waals surface area contributed by atoms with Crippen molar-refractivity contribution in [1.82, 2.24) is 9.97 Å². The van der Waals surface area contributed by atoms with E-state index in [1.54, 1.807) is 6.07 Å². The SMILES string of the molecule is CC1(Nc2cc(C#N)ncn2)CCC1. The van der Waals surface area contributed by atoms with Crippen LogP contribution in [0, 0.1) is 11.3 Å². The fourth-order valence-corrected chi connectivity index (χ4v) is 1.63. The molecule has 0 saturated heterocycles. The fourth-order valence-electron chi connectivity index (χ4n) is 1.63. The van der Waals surface area contributed by atoms with Crippen molar-refractivity contribution in [3.63, 3.8) is 0 Å². The largest absolute Gasteiger partial charge is 0.365 e. The predicted octanol–water partition coefficient (Wildman–Crippen LogP) is 1.70. The number of nitrogens with zero attached hydrogens (tertiary/aromatic N) is 3. The number of hydrogen-bond donors (Lipinski definition) is 1. The van der Waals surface area contributed by atoms with Crippen LogP contribution < -0.4 is 5.32 Å². The number of rotatable bonds is 2. The van der Waals surface area contributed by atoms with E-state index in [0.29, 0.717) is 5.69 Å². The van der Waals surface area contributed by atoms with Gasteiger partial charge in [-0.3, -0.25) is 0 Å². The molecule has 0 spiro atoms. The molecule has 0 unspecified atom stereocenters. The van der Waals surface area contributed by atoms with Crippen LogP contribution in [0.5, 0.6) is 0 Å². The Morgan fingerprint density at radius 2 is 2.29 bits per heavy atom. The number of nitrogens with one attached hydrogen (secondary N) is 1. The Balaban J connectivity index is 2.13. The number of hydrogen-bond acceptors (Lipinski definition) is 4. The maximum atomic E-state index is 8.66. The third-order valence-electron chi connectivity index (χ3n) is 2.67. The molecule has 0 bridgehead atoms. The molecule has 72 valence electrons. The average molecular weight is 188 g/mol. The van der Waals surface area contributed by atoms with Gasteiger partial charge in [-0.1, -0.05) is 0 Å². The van der Waals surface area contributed by atoms with Crippen LogP contribution in [0.15, 0.2) is 12.4 Å². The molecule has 1 aromatic heterocycles. The average Bonchev–Trinajstić information content (AvgIpc) is 2.16. The van der Waals surface area contributed by atoms with Crippen LogP contribution in [0.4, 0.5) is 5.82 Å². The molecule has 0 atom stereocenters. The first-order valence-electron chi connectivity index (χ1n) is 4.72. The van der Waals surface area contributed by atoms with Gasteiger partial charge in [0, 0.05) is 11.6 Å². The Morgan fingerprint density at radius 1 is 1.50 bits per heavy atom. The molecule has 14 heavy (non-hydrogen) atoms. The van der Waals surface area contributed by atoms with Gasteiger partial charge in [-0.15, -0.1) is 0 Å². The summed E-state index contributed by atoms with van der Waals surface area (Å²) in [4.78, 5) is 7.90. The van der Waals surface area contributed by atoms with Gasteiger partial charge in [-0.25, -0.2) is 9.97 Å². The molecule has 0 amide bonds. The Bertz CT molecular complexity index is 376. The van der Waals surface area contributed by atoms with Gasteiger partial charge in [-0.05, 0) is 26.2 Å². The first-order valence-corrected chi connectivity index (χ1v) is 4.72. The van der Waals surface area contributed by atoms with Crippen molar-refractivity contribution in [1.29, 1.82) is 5.26 Å². The second-order valence-corrected chi connectivity index (χ2v) is 3.94. The third-order valence-corrected chi connectivity index (χ3v) is 2.67. The molecule has 0 aromatic carbocycles. The first kappa shape index (κ1) is 8.95. The van der Waals surface area contributed by atoms with E-state index in [2.05, 4.69) is 22.2 Å². The number of nitriles is 1. The lowest BCUT2D eigenvalue weighted by atomic mass is 9.78. The zero-order valence-corrected chi connectivity index (χ0v) is 8.12. The summed E-state index contributed by atoms with van der Waals surface area (Å²) >= 11 is 0. The molecule has 1 saturated carbocycles. The summed E-state index contributed by atoms with van der Waals surface area (Å²) < 4.78 is 0. The highest BCUT2D eigenvalue weighted by atomic mass is 15.1. The molecule has 0 aliphatic heterocycles. The van der Waals surface area contributed by atoms with Crippen molar-refractivity contribution in [3.05, 3.63) is 18.1 Å². The highest BCUT2D eigenvalue weighted by Crippen LogP contribution is 2.33. The molecular weight excluding hydrogens is 176 g/mol. The molecule has 1 aliphatic carbocycles. The zero-order chi connectivity index (χ0) is 10.0. The van der Waals surface area contributed by atoms with Crippen LogP contribution >= 0.6 is 0 Å². The van der Waals surface area contributed by atoms with Gasteiger partial charge < -0.3 is 5.32 Å². The van der Waals surface area contributed by atoms with Crippen LogP contribution in [-0.2, 0) is 0 Å². The van der Waals surface area contributed by atoms with Gasteiger partial charge in [0.05, 0.1) is 0 Å². The molecule has 0 radical (unpaired) electrons. The summed E-state index contributed by atoms with van der Waals surface area (Å²) in [5, 5.41) is 12.0. The second kappa shape index (κ2) is 3.26. The lowest BCUT2D eigenvalue weighted by Gasteiger charge is -2.39. The highest BCUT2D eigenvalue weighted by molar-refractivity contribution is 5.41. The van der Waals surface area contributed by atoms with E-state index in [1.807, 2.05) is 6.07 Å². The van der Waals surface area contributed by atoms with Crippen molar-refractivity contribution < 1.29 is 0 Å². The summed E-state index contributed by atoms with van der Waals surface area (Å²) in [7, 11) is 0. The summed E-state index contributed by atoms with van der Waals surface area (Å²) in [6, 6.07) is 3.68. The first-order chi connectivity index (χ1) is 6.72. The molecule has 1 heterocycles. The highest BCUT2D eigenvalue weighted by Gasteiger charge is 2.31. The number of aromatic nitrogens is 2. The van der Waals surface area contributed by atoms with Crippen LogP contribution in [0.3, 0.4) is 0 Å². The molecule has 1 aromatic rings. The maximum absolute atomic E-state index is 8.66. The van der Waals surface area contributed by atoms with Gasteiger partial charge in [0.15, 0.2) is 0 Å². The Labute approximate surface area is 83.0 Å². The molecular formula is C10H12N4. The van der Waals surface area contributed by atoms with Crippen molar-refractivity contribution >= 4 is 5.82 Å². The van der Waals surface area contributed by atoms with Crippen molar-refractivity contribution in [2.45, 2.75) is 31.7 Å². The van der Waals surface area contributed by atoms with Gasteiger partial charge in [-0.2, -0.15) is 5.26 Å². The van der Waals surface area contributed by atoms with Gasteiger partial charge >= 0.3 is 0 Å². The molecule has 1 N–H and O–H groups in total. The molecule has 4 nitrogen and oxygen atoms in total. The van der Waals surface area contributed by atoms with Gasteiger partial charge in [0.2, 0.25) is 0 Å². The molecule has 4 heteroatoms. The van der Waals surface area contributed by atoms with Crippen molar-refractivity contribution in [2.24, 2.45) is 0 Å².